The van der Waals surface area contributed by atoms with Gasteiger partial charge >= 0.3 is 0 Å². The van der Waals surface area contributed by atoms with Gasteiger partial charge in [0, 0.05) is 64.3 Å². The standard InChI is InChI=1S/C25H38FN5O3/c26-21-5-1-19(2-6-21)18-30(12-11-29-13-15-34-16-14-29)22-7-10-31(25(33)20-3-4-20)23(17-22)24(32)28-9-8-27/h1-2,5-6,20,22-23H,3-4,7-18,27H2,(H,28,32)/t22?,23-/m1/s1. The maximum absolute atomic E-state index is 13.5. The second-order valence-electron chi connectivity index (χ2n) is 9.63. The first kappa shape index (κ1) is 25.0. The number of nitrogens with one attached hydrogen (secondary N) is 1. The van der Waals surface area contributed by atoms with Crippen molar-refractivity contribution in [3.8, 4) is 0 Å². The number of rotatable bonds is 10. The molecule has 1 aromatic rings. The Hall–Kier alpha value is -2.07. The van der Waals surface area contributed by atoms with Crippen LogP contribution in [0.15, 0.2) is 24.3 Å². The highest BCUT2D eigenvalue weighted by molar-refractivity contribution is 5.89. The van der Waals surface area contributed by atoms with Gasteiger partial charge in [0.2, 0.25) is 11.8 Å². The van der Waals surface area contributed by atoms with Crippen molar-refractivity contribution in [1.82, 2.24) is 20.0 Å². The van der Waals surface area contributed by atoms with E-state index in [4.69, 9.17) is 10.5 Å². The Morgan fingerprint density at radius 1 is 1.12 bits per heavy atom. The highest BCUT2D eigenvalue weighted by Crippen LogP contribution is 2.34. The monoisotopic (exact) mass is 475 g/mol. The smallest absolute Gasteiger partial charge is 0.242 e. The van der Waals surface area contributed by atoms with Crippen LogP contribution in [0.4, 0.5) is 4.39 Å². The summed E-state index contributed by atoms with van der Waals surface area (Å²) in [6.45, 7) is 7.14. The highest BCUT2D eigenvalue weighted by atomic mass is 19.1. The summed E-state index contributed by atoms with van der Waals surface area (Å²) in [7, 11) is 0. The van der Waals surface area contributed by atoms with Crippen LogP contribution in [0.2, 0.25) is 0 Å². The second-order valence-corrected chi connectivity index (χ2v) is 9.63. The molecule has 4 rings (SSSR count). The number of morpholine rings is 1. The molecule has 1 aromatic carbocycles. The van der Waals surface area contributed by atoms with Gasteiger partial charge in [0.05, 0.1) is 13.2 Å². The number of halogens is 1. The second kappa shape index (κ2) is 12.1. The number of piperidine rings is 1. The van der Waals surface area contributed by atoms with Crippen LogP contribution in [-0.2, 0) is 20.9 Å². The van der Waals surface area contributed by atoms with Crippen LogP contribution in [-0.4, -0.2) is 97.6 Å². The van der Waals surface area contributed by atoms with E-state index in [0.29, 0.717) is 32.6 Å². The first-order valence-corrected chi connectivity index (χ1v) is 12.6. The lowest BCUT2D eigenvalue weighted by molar-refractivity contribution is -0.144. The molecule has 2 aliphatic heterocycles. The van der Waals surface area contributed by atoms with Crippen LogP contribution in [0.25, 0.3) is 0 Å². The fourth-order valence-electron chi connectivity index (χ4n) is 4.98. The summed E-state index contributed by atoms with van der Waals surface area (Å²) < 4.78 is 19.0. The summed E-state index contributed by atoms with van der Waals surface area (Å²) in [5, 5.41) is 2.91. The van der Waals surface area contributed by atoms with Gasteiger partial charge in [0.1, 0.15) is 11.9 Å². The fraction of sp³-hybridized carbons (Fsp3) is 0.680. The normalized spacial score (nSPS) is 23.8. The molecule has 0 spiro atoms. The molecule has 3 aliphatic rings. The lowest BCUT2D eigenvalue weighted by atomic mass is 9.93. The van der Waals surface area contributed by atoms with E-state index in [1.54, 1.807) is 4.90 Å². The average molecular weight is 476 g/mol. The maximum atomic E-state index is 13.5. The quantitative estimate of drug-likeness (QED) is 0.520. The predicted molar refractivity (Wildman–Crippen MR) is 127 cm³/mol. The number of carbonyl (C=O) groups excluding carboxylic acids is 2. The molecule has 2 amide bonds. The molecule has 188 valence electrons. The molecule has 2 heterocycles. The minimum atomic E-state index is -0.475. The Balaban J connectivity index is 1.47. The third kappa shape index (κ3) is 6.75. The summed E-state index contributed by atoms with van der Waals surface area (Å²) in [5.74, 6) is -0.158. The van der Waals surface area contributed by atoms with Gasteiger partial charge in [-0.2, -0.15) is 0 Å². The van der Waals surface area contributed by atoms with Crippen LogP contribution < -0.4 is 11.1 Å². The molecule has 3 fully saturated rings. The number of amides is 2. The lowest BCUT2D eigenvalue weighted by Crippen LogP contribution is -2.58. The van der Waals surface area contributed by atoms with E-state index in [1.165, 1.54) is 12.1 Å². The first-order valence-electron chi connectivity index (χ1n) is 12.6. The predicted octanol–water partition coefficient (Wildman–Crippen LogP) is 0.804. The Morgan fingerprint density at radius 3 is 2.53 bits per heavy atom. The van der Waals surface area contributed by atoms with Crippen LogP contribution in [0, 0.1) is 11.7 Å². The highest BCUT2D eigenvalue weighted by Gasteiger charge is 2.42. The topological polar surface area (TPSA) is 91.1 Å². The van der Waals surface area contributed by atoms with Gasteiger partial charge in [-0.05, 0) is 43.4 Å². The van der Waals surface area contributed by atoms with E-state index < -0.39 is 6.04 Å². The van der Waals surface area contributed by atoms with Crippen molar-refractivity contribution in [3.05, 3.63) is 35.6 Å². The van der Waals surface area contributed by atoms with Gasteiger partial charge in [-0.15, -0.1) is 0 Å². The minimum absolute atomic E-state index is 0.0815. The first-order chi connectivity index (χ1) is 16.5. The number of nitrogens with zero attached hydrogens (tertiary/aromatic N) is 3. The Bertz CT molecular complexity index is 813. The Morgan fingerprint density at radius 2 is 1.85 bits per heavy atom. The third-order valence-electron chi connectivity index (χ3n) is 7.15. The third-order valence-corrected chi connectivity index (χ3v) is 7.15. The summed E-state index contributed by atoms with van der Waals surface area (Å²) in [4.78, 5) is 32.6. The van der Waals surface area contributed by atoms with E-state index in [1.807, 2.05) is 12.1 Å². The Kier molecular flexibility index (Phi) is 8.88. The molecule has 1 aliphatic carbocycles. The molecule has 0 bridgehead atoms. The number of hydrogen-bond acceptors (Lipinski definition) is 6. The summed E-state index contributed by atoms with van der Waals surface area (Å²) >= 11 is 0. The van der Waals surface area contributed by atoms with E-state index >= 15 is 0 Å². The molecule has 2 saturated heterocycles. The molecule has 1 unspecified atom stereocenters. The van der Waals surface area contributed by atoms with Crippen molar-refractivity contribution >= 4 is 11.8 Å². The summed E-state index contributed by atoms with van der Waals surface area (Å²) in [5.41, 5.74) is 6.64. The number of nitrogens with two attached hydrogens (primary N) is 1. The fourth-order valence-corrected chi connectivity index (χ4v) is 4.98. The van der Waals surface area contributed by atoms with Crippen LogP contribution >= 0.6 is 0 Å². The van der Waals surface area contributed by atoms with Crippen molar-refractivity contribution in [1.29, 1.82) is 0 Å². The van der Waals surface area contributed by atoms with Crippen LogP contribution in [0.5, 0.6) is 0 Å². The zero-order valence-corrected chi connectivity index (χ0v) is 20.0. The summed E-state index contributed by atoms with van der Waals surface area (Å²) in [6, 6.07) is 6.33. The number of carbonyl (C=O) groups is 2. The molecule has 0 aromatic heterocycles. The van der Waals surface area contributed by atoms with Crippen molar-refractivity contribution in [2.45, 2.75) is 44.3 Å². The van der Waals surface area contributed by atoms with Gasteiger partial charge in [-0.1, -0.05) is 12.1 Å². The largest absolute Gasteiger partial charge is 0.379 e. The van der Waals surface area contributed by atoms with Crippen molar-refractivity contribution < 1.29 is 18.7 Å². The van der Waals surface area contributed by atoms with Crippen molar-refractivity contribution in [2.24, 2.45) is 11.7 Å². The summed E-state index contributed by atoms with van der Waals surface area (Å²) in [6.07, 6.45) is 3.26. The molecular weight excluding hydrogens is 437 g/mol. The van der Waals surface area contributed by atoms with Gasteiger partial charge in [-0.3, -0.25) is 19.4 Å². The van der Waals surface area contributed by atoms with E-state index in [0.717, 1.165) is 64.2 Å². The molecular formula is C25H38FN5O3. The maximum Gasteiger partial charge on any atom is 0.242 e. The number of likely N-dealkylation sites (tertiary alicyclic amines) is 1. The molecule has 8 nitrogen and oxygen atoms in total. The van der Waals surface area contributed by atoms with Gasteiger partial charge in [0.25, 0.3) is 0 Å². The number of hydrogen-bond donors (Lipinski definition) is 2. The molecule has 3 N–H and O–H groups in total. The van der Waals surface area contributed by atoms with E-state index in [2.05, 4.69) is 15.1 Å². The van der Waals surface area contributed by atoms with E-state index in [9.17, 15) is 14.0 Å². The average Bonchev–Trinajstić information content (AvgIpc) is 3.72. The van der Waals surface area contributed by atoms with Gasteiger partial charge in [0.15, 0.2) is 0 Å². The molecule has 0 radical (unpaired) electrons. The van der Waals surface area contributed by atoms with Gasteiger partial charge < -0.3 is 20.7 Å². The molecule has 9 heteroatoms. The lowest BCUT2D eigenvalue weighted by Gasteiger charge is -2.43. The molecule has 2 atom stereocenters. The Labute approximate surface area is 201 Å². The molecule has 1 saturated carbocycles. The molecule has 34 heavy (non-hydrogen) atoms. The zero-order chi connectivity index (χ0) is 23.9. The van der Waals surface area contributed by atoms with Crippen molar-refractivity contribution in [3.63, 3.8) is 0 Å². The van der Waals surface area contributed by atoms with Crippen LogP contribution in [0.3, 0.4) is 0 Å². The van der Waals surface area contributed by atoms with Crippen molar-refractivity contribution in [2.75, 3.05) is 59.0 Å². The SMILES string of the molecule is NCCNC(=O)[C@H]1CC(N(CCN2CCOCC2)Cc2ccc(F)cc2)CCN1C(=O)C1CC1. The van der Waals surface area contributed by atoms with E-state index in [-0.39, 0.29) is 29.6 Å². The minimum Gasteiger partial charge on any atom is -0.379 e. The number of benzene rings is 1. The zero-order valence-electron chi connectivity index (χ0n) is 20.0. The van der Waals surface area contributed by atoms with Gasteiger partial charge in [-0.25, -0.2) is 4.39 Å². The number of ether oxygens (including phenoxy) is 1. The van der Waals surface area contributed by atoms with Crippen LogP contribution in [0.1, 0.15) is 31.2 Å².